The smallest absolute Gasteiger partial charge is 0.417 e. The van der Waals surface area contributed by atoms with Crippen LogP contribution in [0.3, 0.4) is 0 Å². The number of halogens is 4. The van der Waals surface area contributed by atoms with E-state index in [1.54, 1.807) is 17.0 Å². The molecule has 0 spiro atoms. The molecule has 38 heavy (non-hydrogen) atoms. The molecule has 1 aromatic heterocycles. The van der Waals surface area contributed by atoms with E-state index in [1.165, 1.54) is 6.07 Å². The van der Waals surface area contributed by atoms with Gasteiger partial charge in [0.2, 0.25) is 5.88 Å². The van der Waals surface area contributed by atoms with E-state index in [9.17, 15) is 22.8 Å². The van der Waals surface area contributed by atoms with Crippen molar-refractivity contribution in [3.05, 3.63) is 46.6 Å². The van der Waals surface area contributed by atoms with Crippen molar-refractivity contribution in [1.29, 1.82) is 0 Å². The fourth-order valence-electron chi connectivity index (χ4n) is 3.50. The van der Waals surface area contributed by atoms with E-state index >= 15 is 0 Å². The number of aromatic nitrogens is 1. The van der Waals surface area contributed by atoms with Crippen molar-refractivity contribution in [2.75, 3.05) is 32.8 Å². The van der Waals surface area contributed by atoms with Gasteiger partial charge in [-0.3, -0.25) is 4.79 Å². The highest BCUT2D eigenvalue weighted by molar-refractivity contribution is 6.31. The quantitative estimate of drug-likeness (QED) is 0.310. The molecule has 0 atom stereocenters. The van der Waals surface area contributed by atoms with Crippen LogP contribution in [0.2, 0.25) is 5.02 Å². The molecule has 208 valence electrons. The number of nitrogens with one attached hydrogen (secondary N) is 1. The maximum Gasteiger partial charge on any atom is 0.417 e. The molecule has 0 radical (unpaired) electrons. The number of carbonyl (C=O) groups excluding carboxylic acids is 2. The molecular formula is C26H31ClF3N3O5. The molecule has 1 N–H and O–H groups in total. The van der Waals surface area contributed by atoms with Crippen LogP contribution in [-0.2, 0) is 22.1 Å². The molecule has 1 aliphatic carbocycles. The van der Waals surface area contributed by atoms with Crippen LogP contribution in [0.25, 0.3) is 0 Å². The van der Waals surface area contributed by atoms with Gasteiger partial charge in [-0.2, -0.15) is 13.2 Å². The summed E-state index contributed by atoms with van der Waals surface area (Å²) in [6.45, 7) is 5.40. The summed E-state index contributed by atoms with van der Waals surface area (Å²) in [5, 5.41) is 2.38. The van der Waals surface area contributed by atoms with Crippen molar-refractivity contribution in [3.63, 3.8) is 0 Å². The number of ether oxygens (including phenoxy) is 3. The van der Waals surface area contributed by atoms with Crippen molar-refractivity contribution in [3.8, 4) is 17.4 Å². The Kier molecular flexibility index (Phi) is 10.5. The van der Waals surface area contributed by atoms with Crippen molar-refractivity contribution in [2.45, 2.75) is 45.7 Å². The third-order valence-electron chi connectivity index (χ3n) is 5.90. The predicted molar refractivity (Wildman–Crippen MR) is 135 cm³/mol. The summed E-state index contributed by atoms with van der Waals surface area (Å²) >= 11 is 6.03. The number of likely N-dealkylation sites (N-methyl/N-ethyl adjacent to an activating group) is 1. The van der Waals surface area contributed by atoms with E-state index in [0.717, 1.165) is 18.9 Å². The van der Waals surface area contributed by atoms with Gasteiger partial charge in [0.15, 0.2) is 6.61 Å². The molecular weight excluding hydrogens is 527 g/mol. The lowest BCUT2D eigenvalue weighted by molar-refractivity contribution is -0.138. The second-order valence-electron chi connectivity index (χ2n) is 8.81. The van der Waals surface area contributed by atoms with E-state index < -0.39 is 17.8 Å². The highest BCUT2D eigenvalue weighted by Crippen LogP contribution is 2.36. The van der Waals surface area contributed by atoms with Gasteiger partial charge in [-0.05, 0) is 63.1 Å². The molecule has 0 bridgehead atoms. The van der Waals surface area contributed by atoms with Crippen LogP contribution < -0.4 is 14.8 Å². The zero-order valence-corrected chi connectivity index (χ0v) is 22.0. The molecule has 1 fully saturated rings. The molecule has 3 rings (SSSR count). The zero-order chi connectivity index (χ0) is 27.7. The zero-order valence-electron chi connectivity index (χ0n) is 21.3. The molecule has 2 amide bonds. The summed E-state index contributed by atoms with van der Waals surface area (Å²) in [7, 11) is 0. The Hall–Kier alpha value is -3.21. The average Bonchev–Trinajstić information content (AvgIpc) is 3.71. The highest BCUT2D eigenvalue weighted by atomic mass is 35.5. The summed E-state index contributed by atoms with van der Waals surface area (Å²) < 4.78 is 55.6. The number of amides is 2. The van der Waals surface area contributed by atoms with Gasteiger partial charge in [0.05, 0.1) is 12.2 Å². The molecule has 1 aliphatic rings. The van der Waals surface area contributed by atoms with E-state index in [1.807, 2.05) is 13.8 Å². The molecule has 1 saturated carbocycles. The Bertz CT molecular complexity index is 1110. The number of pyridine rings is 1. The van der Waals surface area contributed by atoms with Gasteiger partial charge in [-0.1, -0.05) is 17.7 Å². The number of aryl methyl sites for hydroxylation is 1. The van der Waals surface area contributed by atoms with Gasteiger partial charge in [0.25, 0.3) is 5.91 Å². The molecule has 8 nitrogen and oxygen atoms in total. The van der Waals surface area contributed by atoms with Gasteiger partial charge in [-0.15, -0.1) is 0 Å². The van der Waals surface area contributed by atoms with Crippen molar-refractivity contribution in [1.82, 2.24) is 15.2 Å². The van der Waals surface area contributed by atoms with E-state index in [-0.39, 0.29) is 29.2 Å². The Labute approximate surface area is 224 Å². The molecule has 1 aromatic carbocycles. The largest absolute Gasteiger partial charge is 0.484 e. The number of benzene rings is 1. The predicted octanol–water partition coefficient (Wildman–Crippen LogP) is 5.86. The molecule has 0 aliphatic heterocycles. The summed E-state index contributed by atoms with van der Waals surface area (Å²) in [5.41, 5.74) is -0.319. The van der Waals surface area contributed by atoms with Gasteiger partial charge in [-0.25, -0.2) is 9.78 Å². The average molecular weight is 558 g/mol. The monoisotopic (exact) mass is 557 g/mol. The number of hydrogen-bond acceptors (Lipinski definition) is 6. The molecule has 2 aromatic rings. The number of hydrogen-bond donors (Lipinski definition) is 1. The van der Waals surface area contributed by atoms with Gasteiger partial charge >= 0.3 is 12.3 Å². The molecule has 0 unspecified atom stereocenters. The maximum absolute atomic E-state index is 13.0. The third-order valence-corrected chi connectivity index (χ3v) is 6.17. The first-order chi connectivity index (χ1) is 18.1. The lowest BCUT2D eigenvalue weighted by Crippen LogP contribution is -2.34. The van der Waals surface area contributed by atoms with Crippen LogP contribution in [-0.4, -0.2) is 54.7 Å². The summed E-state index contributed by atoms with van der Waals surface area (Å²) in [4.78, 5) is 29.5. The Morgan fingerprint density at radius 2 is 1.92 bits per heavy atom. The fraction of sp³-hybridized carbons (Fsp3) is 0.500. The van der Waals surface area contributed by atoms with Crippen LogP contribution in [0.15, 0.2) is 30.5 Å². The first-order valence-corrected chi connectivity index (χ1v) is 12.8. The van der Waals surface area contributed by atoms with Gasteiger partial charge < -0.3 is 24.4 Å². The Morgan fingerprint density at radius 1 is 1.18 bits per heavy atom. The Morgan fingerprint density at radius 3 is 2.55 bits per heavy atom. The van der Waals surface area contributed by atoms with Crippen LogP contribution in [0, 0.1) is 5.92 Å². The summed E-state index contributed by atoms with van der Waals surface area (Å²) in [6, 6.07) is 5.65. The standard InChI is InChI=1S/C26H31ClF3N3O5/c1-3-33(4-2)23(34)16-36-20-10-9-18(6-5-11-31-25(35)37-15-17-7-8-17)22(13-20)38-24-21(27)12-19(14-32-24)26(28,29)30/h9-10,12-14,17H,3-8,11,15-16H2,1-2H3,(H,31,35). The highest BCUT2D eigenvalue weighted by Gasteiger charge is 2.32. The lowest BCUT2D eigenvalue weighted by atomic mass is 10.1. The number of nitrogens with zero attached hydrogens (tertiary/aromatic N) is 2. The van der Waals surface area contributed by atoms with Crippen molar-refractivity contribution in [2.24, 2.45) is 5.92 Å². The van der Waals surface area contributed by atoms with Crippen molar-refractivity contribution >= 4 is 23.6 Å². The van der Waals surface area contributed by atoms with Crippen LogP contribution in [0.5, 0.6) is 17.4 Å². The van der Waals surface area contributed by atoms with Crippen LogP contribution in [0.4, 0.5) is 18.0 Å². The second kappa shape index (κ2) is 13.5. The first kappa shape index (κ1) is 29.3. The number of rotatable bonds is 13. The van der Waals surface area contributed by atoms with E-state index in [2.05, 4.69) is 10.3 Å². The second-order valence-corrected chi connectivity index (χ2v) is 9.21. The van der Waals surface area contributed by atoms with Gasteiger partial charge in [0.1, 0.15) is 16.5 Å². The summed E-state index contributed by atoms with van der Waals surface area (Å²) in [6.07, 6.45) is -1.29. The fourth-order valence-corrected chi connectivity index (χ4v) is 3.70. The number of alkyl carbamates (subject to hydrolysis) is 1. The molecule has 0 saturated heterocycles. The minimum Gasteiger partial charge on any atom is -0.484 e. The van der Waals surface area contributed by atoms with Crippen molar-refractivity contribution < 1.29 is 37.0 Å². The first-order valence-electron chi connectivity index (χ1n) is 12.4. The minimum absolute atomic E-state index is 0.186. The minimum atomic E-state index is -4.60. The third kappa shape index (κ3) is 8.97. The maximum atomic E-state index is 13.0. The normalized spacial score (nSPS) is 13.1. The SMILES string of the molecule is CCN(CC)C(=O)COc1ccc(CCCNC(=O)OCC2CC2)c(Oc2ncc(C(F)(F)F)cc2Cl)c1. The topological polar surface area (TPSA) is 90.0 Å². The number of alkyl halides is 3. The molecule has 1 heterocycles. The molecule has 12 heteroatoms. The van der Waals surface area contributed by atoms with Gasteiger partial charge in [0, 0.05) is 31.9 Å². The Balaban J connectivity index is 1.69. The summed E-state index contributed by atoms with van der Waals surface area (Å²) in [5.74, 6) is 0.652. The van der Waals surface area contributed by atoms with Crippen LogP contribution in [0.1, 0.15) is 44.2 Å². The van der Waals surface area contributed by atoms with Crippen LogP contribution >= 0.6 is 11.6 Å². The van der Waals surface area contributed by atoms with E-state index in [4.69, 9.17) is 25.8 Å². The number of carbonyl (C=O) groups is 2. The lowest BCUT2D eigenvalue weighted by Gasteiger charge is -2.19. The van der Waals surface area contributed by atoms with E-state index in [0.29, 0.717) is 62.5 Å².